The molecule has 0 unspecified atom stereocenters. The molecule has 1 aliphatic heterocycles. The minimum Gasteiger partial charge on any atom is -0.326 e. The maximum Gasteiger partial charge on any atom is 0.261 e. The predicted octanol–water partition coefficient (Wildman–Crippen LogP) is 2.62. The van der Waals surface area contributed by atoms with Crippen molar-refractivity contribution in [1.82, 2.24) is 4.31 Å². The van der Waals surface area contributed by atoms with Crippen molar-refractivity contribution < 1.29 is 21.6 Å². The van der Waals surface area contributed by atoms with Crippen LogP contribution in [0.1, 0.15) is 26.2 Å². The zero-order chi connectivity index (χ0) is 21.1. The Hall–Kier alpha value is -2.43. The summed E-state index contributed by atoms with van der Waals surface area (Å²) < 4.78 is 55.4. The Kier molecular flexibility index (Phi) is 6.25. The lowest BCUT2D eigenvalue weighted by molar-refractivity contribution is -0.114. The van der Waals surface area contributed by atoms with Gasteiger partial charge >= 0.3 is 0 Å². The predicted molar refractivity (Wildman–Crippen MR) is 111 cm³/mol. The number of carbonyl (C=O) groups is 1. The zero-order valence-corrected chi connectivity index (χ0v) is 17.6. The number of sulfonamides is 2. The minimum absolute atomic E-state index is 0.00371. The van der Waals surface area contributed by atoms with Gasteiger partial charge in [0.1, 0.15) is 4.90 Å². The van der Waals surface area contributed by atoms with E-state index in [1.165, 1.54) is 47.6 Å². The molecule has 1 heterocycles. The average Bonchev–Trinajstić information content (AvgIpc) is 2.68. The fraction of sp³-hybridized carbons (Fsp3) is 0.316. The number of piperidine rings is 1. The smallest absolute Gasteiger partial charge is 0.261 e. The Morgan fingerprint density at radius 3 is 2.14 bits per heavy atom. The lowest BCUT2D eigenvalue weighted by Crippen LogP contribution is -2.36. The third kappa shape index (κ3) is 4.95. The molecule has 3 rings (SSSR count). The van der Waals surface area contributed by atoms with Crippen LogP contribution in [0.25, 0.3) is 0 Å². The van der Waals surface area contributed by atoms with Crippen molar-refractivity contribution in [3.8, 4) is 0 Å². The van der Waals surface area contributed by atoms with E-state index in [0.717, 1.165) is 19.3 Å². The summed E-state index contributed by atoms with van der Waals surface area (Å²) in [5.74, 6) is -0.268. The van der Waals surface area contributed by atoms with Gasteiger partial charge in [-0.3, -0.25) is 9.52 Å². The molecule has 0 spiro atoms. The molecule has 0 bridgehead atoms. The minimum atomic E-state index is -4.02. The average molecular weight is 438 g/mol. The molecule has 1 aliphatic rings. The van der Waals surface area contributed by atoms with Crippen molar-refractivity contribution in [2.75, 3.05) is 23.1 Å². The molecule has 2 aromatic rings. The normalized spacial score (nSPS) is 15.6. The van der Waals surface area contributed by atoms with Crippen LogP contribution < -0.4 is 10.0 Å². The Labute approximate surface area is 171 Å². The van der Waals surface area contributed by atoms with Crippen LogP contribution in [0, 0.1) is 0 Å². The molecule has 0 aromatic heterocycles. The topological polar surface area (TPSA) is 113 Å². The van der Waals surface area contributed by atoms with Gasteiger partial charge in [0.15, 0.2) is 0 Å². The number of hydrogen-bond acceptors (Lipinski definition) is 5. The molecular formula is C19H23N3O5S2. The van der Waals surface area contributed by atoms with Crippen LogP contribution in [-0.4, -0.2) is 40.1 Å². The van der Waals surface area contributed by atoms with Crippen LogP contribution in [0.4, 0.5) is 11.4 Å². The summed E-state index contributed by atoms with van der Waals surface area (Å²) in [5.41, 5.74) is 0.466. The van der Waals surface area contributed by atoms with Gasteiger partial charge in [-0.05, 0) is 49.2 Å². The molecule has 0 aliphatic carbocycles. The quantitative estimate of drug-likeness (QED) is 0.721. The van der Waals surface area contributed by atoms with Gasteiger partial charge in [0.2, 0.25) is 15.9 Å². The summed E-state index contributed by atoms with van der Waals surface area (Å²) in [4.78, 5) is 11.0. The first-order chi connectivity index (χ1) is 13.7. The van der Waals surface area contributed by atoms with Crippen LogP contribution in [0.5, 0.6) is 0 Å². The van der Waals surface area contributed by atoms with Crippen molar-refractivity contribution in [2.45, 2.75) is 36.0 Å². The second-order valence-electron chi connectivity index (χ2n) is 6.77. The van der Waals surface area contributed by atoms with Gasteiger partial charge in [-0.1, -0.05) is 18.6 Å². The van der Waals surface area contributed by atoms with Gasteiger partial charge in [-0.15, -0.1) is 0 Å². The maximum atomic E-state index is 13.0. The van der Waals surface area contributed by atoms with E-state index in [1.54, 1.807) is 12.1 Å². The molecule has 156 valence electrons. The van der Waals surface area contributed by atoms with Crippen LogP contribution in [0.15, 0.2) is 58.3 Å². The number of rotatable bonds is 6. The highest BCUT2D eigenvalue weighted by Gasteiger charge is 2.29. The largest absolute Gasteiger partial charge is 0.326 e. The molecule has 1 amide bonds. The number of benzene rings is 2. The number of nitrogens with zero attached hydrogens (tertiary/aromatic N) is 1. The lowest BCUT2D eigenvalue weighted by atomic mass is 10.2. The van der Waals surface area contributed by atoms with Crippen molar-refractivity contribution >= 4 is 37.3 Å². The van der Waals surface area contributed by atoms with Crippen molar-refractivity contribution in [1.29, 1.82) is 0 Å². The fourth-order valence-corrected chi connectivity index (χ4v) is 5.95. The summed E-state index contributed by atoms with van der Waals surface area (Å²) in [7, 11) is -7.83. The van der Waals surface area contributed by atoms with Crippen molar-refractivity contribution in [2.24, 2.45) is 0 Å². The van der Waals surface area contributed by atoms with E-state index in [2.05, 4.69) is 10.0 Å². The molecule has 2 N–H and O–H groups in total. The maximum absolute atomic E-state index is 13.0. The van der Waals surface area contributed by atoms with Crippen LogP contribution in [0.3, 0.4) is 0 Å². The van der Waals surface area contributed by atoms with E-state index in [1.807, 2.05) is 0 Å². The molecule has 1 saturated heterocycles. The van der Waals surface area contributed by atoms with Crippen LogP contribution in [0.2, 0.25) is 0 Å². The fourth-order valence-electron chi connectivity index (χ4n) is 3.14. The van der Waals surface area contributed by atoms with Gasteiger partial charge in [0, 0.05) is 25.7 Å². The molecule has 1 fully saturated rings. The summed E-state index contributed by atoms with van der Waals surface area (Å²) in [5, 5.41) is 2.56. The molecule has 8 nitrogen and oxygen atoms in total. The summed E-state index contributed by atoms with van der Waals surface area (Å²) >= 11 is 0. The molecular weight excluding hydrogens is 414 g/mol. The van der Waals surface area contributed by atoms with Crippen molar-refractivity contribution in [3.05, 3.63) is 48.5 Å². The van der Waals surface area contributed by atoms with Gasteiger partial charge in [0.05, 0.1) is 10.6 Å². The summed E-state index contributed by atoms with van der Waals surface area (Å²) in [6.45, 7) is 2.20. The Balaban J connectivity index is 1.89. The van der Waals surface area contributed by atoms with Crippen molar-refractivity contribution in [3.63, 3.8) is 0 Å². The highest BCUT2D eigenvalue weighted by atomic mass is 32.2. The SMILES string of the molecule is CC(=O)Nc1ccc(S(=O)(=O)Nc2ccccc2S(=O)(=O)N2CCCCC2)cc1. The molecule has 0 radical (unpaired) electrons. The van der Waals surface area contributed by atoms with Crippen LogP contribution in [-0.2, 0) is 24.8 Å². The van der Waals surface area contributed by atoms with Gasteiger partial charge in [0.25, 0.3) is 10.0 Å². The third-order valence-corrected chi connectivity index (χ3v) is 7.89. The van der Waals surface area contributed by atoms with Gasteiger partial charge in [-0.2, -0.15) is 4.31 Å². The first kappa shape index (κ1) is 21.3. The Bertz CT molecular complexity index is 1090. The zero-order valence-electron chi connectivity index (χ0n) is 16.0. The summed E-state index contributed by atoms with van der Waals surface area (Å²) in [6.07, 6.45) is 2.55. The monoisotopic (exact) mass is 437 g/mol. The summed E-state index contributed by atoms with van der Waals surface area (Å²) in [6, 6.07) is 11.6. The number of anilines is 2. The van der Waals surface area contributed by atoms with E-state index in [0.29, 0.717) is 18.8 Å². The number of para-hydroxylation sites is 1. The molecule has 10 heteroatoms. The molecule has 29 heavy (non-hydrogen) atoms. The number of nitrogens with one attached hydrogen (secondary N) is 2. The molecule has 0 saturated carbocycles. The second kappa shape index (κ2) is 8.52. The lowest BCUT2D eigenvalue weighted by Gasteiger charge is -2.26. The Morgan fingerprint density at radius 2 is 1.52 bits per heavy atom. The first-order valence-electron chi connectivity index (χ1n) is 9.20. The number of hydrogen-bond donors (Lipinski definition) is 2. The second-order valence-corrected chi connectivity index (χ2v) is 10.4. The van der Waals surface area contributed by atoms with E-state index in [4.69, 9.17) is 0 Å². The highest BCUT2D eigenvalue weighted by molar-refractivity contribution is 7.93. The molecule has 2 aromatic carbocycles. The van der Waals surface area contributed by atoms with E-state index in [9.17, 15) is 21.6 Å². The van der Waals surface area contributed by atoms with Gasteiger partial charge < -0.3 is 5.32 Å². The van der Waals surface area contributed by atoms with E-state index in [-0.39, 0.29) is 21.4 Å². The third-order valence-electron chi connectivity index (χ3n) is 4.55. The van der Waals surface area contributed by atoms with Crippen LogP contribution >= 0.6 is 0 Å². The standard InChI is InChI=1S/C19H23N3O5S2/c1-15(23)20-16-9-11-17(12-10-16)28(24,25)21-18-7-3-4-8-19(18)29(26,27)22-13-5-2-6-14-22/h3-4,7-12,21H,2,5-6,13-14H2,1H3,(H,20,23). The van der Waals surface area contributed by atoms with E-state index < -0.39 is 20.0 Å². The first-order valence-corrected chi connectivity index (χ1v) is 12.1. The molecule has 0 atom stereocenters. The Morgan fingerprint density at radius 1 is 0.897 bits per heavy atom. The van der Waals surface area contributed by atoms with E-state index >= 15 is 0 Å². The number of carbonyl (C=O) groups excluding carboxylic acids is 1. The number of amides is 1. The highest BCUT2D eigenvalue weighted by Crippen LogP contribution is 2.28. The van der Waals surface area contributed by atoms with Gasteiger partial charge in [-0.25, -0.2) is 16.8 Å².